The fourth-order valence-electron chi connectivity index (χ4n) is 0.592. The Hall–Kier alpha value is -1.14. The predicted molar refractivity (Wildman–Crippen MR) is 33.7 cm³/mol. The first kappa shape index (κ1) is 6.97. The third kappa shape index (κ3) is 1.07. The van der Waals surface area contributed by atoms with Crippen molar-refractivity contribution in [3.63, 3.8) is 0 Å². The molecule has 0 fully saturated rings. The molecule has 1 aliphatic heterocycles. The normalized spacial score (nSPS) is 25.9. The molecule has 1 atom stereocenters. The SMILES string of the molecule is CC1=NC(O)N(N)C(=O)N1. The average molecular weight is 144 g/mol. The van der Waals surface area contributed by atoms with Crippen LogP contribution in [0.2, 0.25) is 0 Å². The van der Waals surface area contributed by atoms with Gasteiger partial charge in [0, 0.05) is 0 Å². The summed E-state index contributed by atoms with van der Waals surface area (Å²) in [6, 6.07) is -0.556. The summed E-state index contributed by atoms with van der Waals surface area (Å²) in [7, 11) is 0. The van der Waals surface area contributed by atoms with E-state index in [0.29, 0.717) is 10.8 Å². The molecule has 1 heterocycles. The van der Waals surface area contributed by atoms with Crippen molar-refractivity contribution in [2.75, 3.05) is 0 Å². The number of rotatable bonds is 0. The summed E-state index contributed by atoms with van der Waals surface area (Å²) in [5, 5.41) is 11.8. The van der Waals surface area contributed by atoms with Crippen molar-refractivity contribution in [1.82, 2.24) is 10.3 Å². The van der Waals surface area contributed by atoms with Gasteiger partial charge >= 0.3 is 6.03 Å². The summed E-state index contributed by atoms with van der Waals surface area (Å²) in [5.74, 6) is 5.41. The lowest BCUT2D eigenvalue weighted by molar-refractivity contribution is 0.0340. The van der Waals surface area contributed by atoms with Gasteiger partial charge in [-0.15, -0.1) is 0 Å². The molecule has 0 aromatic carbocycles. The summed E-state index contributed by atoms with van der Waals surface area (Å²) in [4.78, 5) is 14.2. The summed E-state index contributed by atoms with van der Waals surface area (Å²) < 4.78 is 0. The van der Waals surface area contributed by atoms with E-state index >= 15 is 0 Å². The maximum absolute atomic E-state index is 10.7. The fraction of sp³-hybridized carbons (Fsp3) is 0.500. The molecule has 0 aliphatic carbocycles. The highest BCUT2D eigenvalue weighted by Gasteiger charge is 2.22. The molecule has 1 aliphatic rings. The number of nitrogens with two attached hydrogens (primary N) is 1. The van der Waals surface area contributed by atoms with Crippen LogP contribution < -0.4 is 11.2 Å². The van der Waals surface area contributed by atoms with Crippen molar-refractivity contribution in [2.45, 2.75) is 13.3 Å². The van der Waals surface area contributed by atoms with E-state index in [1.54, 1.807) is 6.92 Å². The smallest absolute Gasteiger partial charge is 0.340 e. The number of amidine groups is 1. The summed E-state index contributed by atoms with van der Waals surface area (Å²) in [6.07, 6.45) is -1.26. The summed E-state index contributed by atoms with van der Waals surface area (Å²) in [5.41, 5.74) is 0. The molecule has 0 spiro atoms. The van der Waals surface area contributed by atoms with Crippen molar-refractivity contribution in [3.05, 3.63) is 0 Å². The van der Waals surface area contributed by atoms with Gasteiger partial charge in [-0.1, -0.05) is 0 Å². The molecule has 0 saturated heterocycles. The number of hydrogen-bond donors (Lipinski definition) is 3. The van der Waals surface area contributed by atoms with Crippen LogP contribution in [-0.2, 0) is 0 Å². The van der Waals surface area contributed by atoms with Gasteiger partial charge in [0.25, 0.3) is 0 Å². The van der Waals surface area contributed by atoms with Gasteiger partial charge in [0.2, 0.25) is 6.35 Å². The van der Waals surface area contributed by atoms with Crippen LogP contribution in [0.4, 0.5) is 4.79 Å². The highest BCUT2D eigenvalue weighted by molar-refractivity contribution is 5.97. The number of aliphatic hydroxyl groups excluding tert-OH is 1. The van der Waals surface area contributed by atoms with Gasteiger partial charge < -0.3 is 5.11 Å². The van der Waals surface area contributed by atoms with Crippen molar-refractivity contribution < 1.29 is 9.90 Å². The second-order valence-corrected chi connectivity index (χ2v) is 1.90. The van der Waals surface area contributed by atoms with Gasteiger partial charge in [0.1, 0.15) is 5.84 Å². The Morgan fingerprint density at radius 3 is 3.00 bits per heavy atom. The Labute approximate surface area is 57.3 Å². The lowest BCUT2D eigenvalue weighted by atomic mass is 10.6. The van der Waals surface area contributed by atoms with Crippen molar-refractivity contribution in [1.29, 1.82) is 0 Å². The first-order valence-electron chi connectivity index (χ1n) is 2.68. The molecule has 0 radical (unpaired) electrons. The second-order valence-electron chi connectivity index (χ2n) is 1.90. The van der Waals surface area contributed by atoms with E-state index in [1.165, 1.54) is 0 Å². The predicted octanol–water partition coefficient (Wildman–Crippen LogP) is -1.42. The quantitative estimate of drug-likeness (QED) is 0.288. The van der Waals surface area contributed by atoms with E-state index in [9.17, 15) is 4.79 Å². The van der Waals surface area contributed by atoms with Crippen molar-refractivity contribution in [3.8, 4) is 0 Å². The molecule has 0 aromatic heterocycles. The molecule has 10 heavy (non-hydrogen) atoms. The molecule has 0 aromatic rings. The molecular weight excluding hydrogens is 136 g/mol. The molecule has 1 unspecified atom stereocenters. The monoisotopic (exact) mass is 144 g/mol. The number of carbonyl (C=O) groups excluding carboxylic acids is 1. The van der Waals surface area contributed by atoms with Crippen LogP contribution in [0, 0.1) is 0 Å². The van der Waals surface area contributed by atoms with E-state index in [0.717, 1.165) is 0 Å². The highest BCUT2D eigenvalue weighted by Crippen LogP contribution is 1.97. The molecule has 4 N–H and O–H groups in total. The van der Waals surface area contributed by atoms with Crippen LogP contribution in [0.15, 0.2) is 4.99 Å². The Morgan fingerprint density at radius 1 is 1.90 bits per heavy atom. The van der Waals surface area contributed by atoms with Gasteiger partial charge in [-0.25, -0.2) is 20.6 Å². The van der Waals surface area contributed by atoms with Crippen LogP contribution >= 0.6 is 0 Å². The molecule has 0 saturated carbocycles. The van der Waals surface area contributed by atoms with Gasteiger partial charge in [0.15, 0.2) is 0 Å². The van der Waals surface area contributed by atoms with Crippen LogP contribution in [-0.4, -0.2) is 28.3 Å². The third-order valence-corrected chi connectivity index (χ3v) is 1.08. The number of urea groups is 1. The molecule has 6 nitrogen and oxygen atoms in total. The maximum Gasteiger partial charge on any atom is 0.340 e. The van der Waals surface area contributed by atoms with Gasteiger partial charge in [-0.2, -0.15) is 0 Å². The zero-order valence-electron chi connectivity index (χ0n) is 5.40. The maximum atomic E-state index is 10.7. The van der Waals surface area contributed by atoms with E-state index < -0.39 is 12.4 Å². The van der Waals surface area contributed by atoms with Crippen LogP contribution in [0.25, 0.3) is 0 Å². The zero-order valence-corrected chi connectivity index (χ0v) is 5.40. The number of nitrogens with one attached hydrogen (secondary N) is 1. The minimum absolute atomic E-state index is 0.360. The second kappa shape index (κ2) is 2.24. The minimum atomic E-state index is -1.26. The lowest BCUT2D eigenvalue weighted by Crippen LogP contribution is -2.55. The van der Waals surface area contributed by atoms with E-state index in [1.807, 2.05) is 0 Å². The number of hydrazine groups is 1. The molecular formula is C4H8N4O2. The average Bonchev–Trinajstić information content (AvgIpc) is 1.82. The Bertz CT molecular complexity index is 190. The number of nitrogens with zero attached hydrogens (tertiary/aromatic N) is 2. The number of amides is 2. The van der Waals surface area contributed by atoms with Gasteiger partial charge in [-0.3, -0.25) is 5.32 Å². The van der Waals surface area contributed by atoms with Crippen LogP contribution in [0.5, 0.6) is 0 Å². The number of carbonyl (C=O) groups is 1. The molecule has 1 rings (SSSR count). The number of aliphatic hydroxyl groups is 1. The molecule has 56 valence electrons. The fourth-order valence-corrected chi connectivity index (χ4v) is 0.592. The first-order valence-corrected chi connectivity index (χ1v) is 2.68. The standard InChI is InChI=1S/C4H8N4O2/c1-2-6-3(9)8(5)4(10)7-2/h3,9H,5H2,1H3,(H,6,7,10). The molecule has 6 heteroatoms. The summed E-state index contributed by atoms with van der Waals surface area (Å²) >= 11 is 0. The number of aliphatic imine (C=N–C) groups is 1. The Balaban J connectivity index is 2.79. The Kier molecular flexibility index (Phi) is 1.56. The van der Waals surface area contributed by atoms with Gasteiger partial charge in [0.05, 0.1) is 0 Å². The Morgan fingerprint density at radius 2 is 2.50 bits per heavy atom. The third-order valence-electron chi connectivity index (χ3n) is 1.08. The van der Waals surface area contributed by atoms with Crippen LogP contribution in [0.1, 0.15) is 6.92 Å². The van der Waals surface area contributed by atoms with Crippen molar-refractivity contribution >= 4 is 11.9 Å². The summed E-state index contributed by atoms with van der Waals surface area (Å²) in [6.45, 7) is 1.56. The molecule has 2 amide bonds. The van der Waals surface area contributed by atoms with E-state index in [4.69, 9.17) is 10.9 Å². The molecule has 0 bridgehead atoms. The number of hydrogen-bond acceptors (Lipinski definition) is 4. The van der Waals surface area contributed by atoms with Crippen LogP contribution in [0.3, 0.4) is 0 Å². The highest BCUT2D eigenvalue weighted by atomic mass is 16.3. The topological polar surface area (TPSA) is 91.0 Å². The zero-order chi connectivity index (χ0) is 7.72. The van der Waals surface area contributed by atoms with E-state index in [-0.39, 0.29) is 0 Å². The first-order chi connectivity index (χ1) is 4.61. The van der Waals surface area contributed by atoms with Crippen molar-refractivity contribution in [2.24, 2.45) is 10.8 Å². The van der Waals surface area contributed by atoms with E-state index in [2.05, 4.69) is 10.3 Å². The lowest BCUT2D eigenvalue weighted by Gasteiger charge is -2.24. The minimum Gasteiger partial charge on any atom is -0.354 e. The van der Waals surface area contributed by atoms with Gasteiger partial charge in [-0.05, 0) is 6.92 Å². The largest absolute Gasteiger partial charge is 0.354 e.